The van der Waals surface area contributed by atoms with Crippen LogP contribution >= 0.6 is 11.3 Å². The first-order chi connectivity index (χ1) is 8.97. The van der Waals surface area contributed by atoms with E-state index < -0.39 is 11.9 Å². The van der Waals surface area contributed by atoms with Crippen LogP contribution in [0.2, 0.25) is 0 Å². The predicted molar refractivity (Wildman–Crippen MR) is 73.0 cm³/mol. The van der Waals surface area contributed by atoms with E-state index in [1.54, 1.807) is 17.4 Å². The summed E-state index contributed by atoms with van der Waals surface area (Å²) < 4.78 is 19.1. The lowest BCUT2D eigenvalue weighted by Gasteiger charge is -2.09. The number of aliphatic hydroxyl groups is 1. The van der Waals surface area contributed by atoms with Crippen molar-refractivity contribution in [2.45, 2.75) is 33.5 Å². The number of halogens is 1. The molecule has 0 aliphatic heterocycles. The maximum Gasteiger partial charge on any atom is 0.140 e. The molecule has 0 aliphatic carbocycles. The highest BCUT2D eigenvalue weighted by Gasteiger charge is 2.10. The van der Waals surface area contributed by atoms with Crippen molar-refractivity contribution < 1.29 is 14.2 Å². The lowest BCUT2D eigenvalue weighted by atomic mass is 10.1. The van der Waals surface area contributed by atoms with Gasteiger partial charge in [0.1, 0.15) is 23.2 Å². The van der Waals surface area contributed by atoms with Gasteiger partial charge in [-0.1, -0.05) is 0 Å². The number of hydrogen-bond acceptors (Lipinski definition) is 4. The number of benzene rings is 1. The first-order valence-corrected chi connectivity index (χ1v) is 6.82. The first-order valence-electron chi connectivity index (χ1n) is 6.00. The Labute approximate surface area is 115 Å². The summed E-state index contributed by atoms with van der Waals surface area (Å²) in [5.74, 6) is -0.0218. The van der Waals surface area contributed by atoms with Crippen LogP contribution in [0.25, 0.3) is 0 Å². The van der Waals surface area contributed by atoms with Crippen molar-refractivity contribution in [2.24, 2.45) is 0 Å². The molecule has 1 aromatic carbocycles. The van der Waals surface area contributed by atoms with Gasteiger partial charge < -0.3 is 9.84 Å². The average molecular weight is 281 g/mol. The third kappa shape index (κ3) is 3.30. The molecule has 5 heteroatoms. The quantitative estimate of drug-likeness (QED) is 0.932. The van der Waals surface area contributed by atoms with Gasteiger partial charge >= 0.3 is 0 Å². The molecule has 0 spiro atoms. The summed E-state index contributed by atoms with van der Waals surface area (Å²) >= 11 is 1.58. The van der Waals surface area contributed by atoms with Crippen molar-refractivity contribution in [2.75, 3.05) is 0 Å². The fourth-order valence-electron chi connectivity index (χ4n) is 1.68. The number of hydrogen-bond donors (Lipinski definition) is 1. The zero-order valence-electron chi connectivity index (χ0n) is 11.1. The first kappa shape index (κ1) is 14.0. The van der Waals surface area contributed by atoms with Crippen molar-refractivity contribution in [1.82, 2.24) is 4.98 Å². The van der Waals surface area contributed by atoms with E-state index in [9.17, 15) is 9.50 Å². The van der Waals surface area contributed by atoms with Gasteiger partial charge in [-0.15, -0.1) is 11.3 Å². The molecule has 0 bridgehead atoms. The van der Waals surface area contributed by atoms with Gasteiger partial charge in [0, 0.05) is 16.5 Å². The Kier molecular flexibility index (Phi) is 4.17. The van der Waals surface area contributed by atoms with E-state index in [0.717, 1.165) is 15.6 Å². The van der Waals surface area contributed by atoms with Crippen LogP contribution in [0.5, 0.6) is 5.75 Å². The van der Waals surface area contributed by atoms with Crippen LogP contribution < -0.4 is 4.74 Å². The summed E-state index contributed by atoms with van der Waals surface area (Å²) in [6.07, 6.45) is -0.821. The van der Waals surface area contributed by atoms with Gasteiger partial charge in [0.2, 0.25) is 0 Å². The van der Waals surface area contributed by atoms with Crippen molar-refractivity contribution in [1.29, 1.82) is 0 Å². The summed E-state index contributed by atoms with van der Waals surface area (Å²) in [5.41, 5.74) is 1.27. The summed E-state index contributed by atoms with van der Waals surface area (Å²) in [5, 5.41) is 10.2. The van der Waals surface area contributed by atoms with Crippen molar-refractivity contribution in [3.63, 3.8) is 0 Å². The monoisotopic (exact) mass is 281 g/mol. The molecule has 1 aromatic heterocycles. The van der Waals surface area contributed by atoms with E-state index in [0.29, 0.717) is 12.4 Å². The van der Waals surface area contributed by atoms with Crippen LogP contribution in [-0.4, -0.2) is 10.1 Å². The van der Waals surface area contributed by atoms with Crippen LogP contribution in [-0.2, 0) is 6.61 Å². The highest BCUT2D eigenvalue weighted by Crippen LogP contribution is 2.23. The second-order valence-corrected chi connectivity index (χ2v) is 5.68. The predicted octanol–water partition coefficient (Wildman–Crippen LogP) is 3.53. The molecule has 1 heterocycles. The van der Waals surface area contributed by atoms with Gasteiger partial charge in [-0.05, 0) is 32.9 Å². The van der Waals surface area contributed by atoms with Crippen molar-refractivity contribution in [3.05, 3.63) is 45.2 Å². The Morgan fingerprint density at radius 1 is 1.42 bits per heavy atom. The lowest BCUT2D eigenvalue weighted by molar-refractivity contribution is 0.194. The van der Waals surface area contributed by atoms with E-state index in [-0.39, 0.29) is 5.56 Å². The van der Waals surface area contributed by atoms with Crippen LogP contribution in [0.3, 0.4) is 0 Å². The van der Waals surface area contributed by atoms with Crippen LogP contribution in [0.1, 0.15) is 34.2 Å². The molecule has 0 aliphatic rings. The van der Waals surface area contributed by atoms with Gasteiger partial charge in [-0.25, -0.2) is 9.37 Å². The second-order valence-electron chi connectivity index (χ2n) is 4.40. The van der Waals surface area contributed by atoms with E-state index in [1.807, 2.05) is 13.8 Å². The number of ether oxygens (including phenoxy) is 1. The number of aliphatic hydroxyl groups excluding tert-OH is 1. The maximum atomic E-state index is 13.6. The molecule has 0 saturated carbocycles. The zero-order chi connectivity index (χ0) is 14.0. The molecule has 102 valence electrons. The summed E-state index contributed by atoms with van der Waals surface area (Å²) in [7, 11) is 0. The number of nitrogens with zero attached hydrogens (tertiary/aromatic N) is 1. The molecule has 0 unspecified atom stereocenters. The van der Waals surface area contributed by atoms with E-state index in [1.165, 1.54) is 19.1 Å². The van der Waals surface area contributed by atoms with E-state index in [4.69, 9.17) is 4.74 Å². The van der Waals surface area contributed by atoms with Gasteiger partial charge in [-0.3, -0.25) is 0 Å². The largest absolute Gasteiger partial charge is 0.486 e. The van der Waals surface area contributed by atoms with Gasteiger partial charge in [-0.2, -0.15) is 0 Å². The summed E-state index contributed by atoms with van der Waals surface area (Å²) in [6, 6.07) is 4.47. The molecule has 0 saturated heterocycles. The fourth-order valence-corrected chi connectivity index (χ4v) is 2.53. The van der Waals surface area contributed by atoms with Crippen LogP contribution in [0.15, 0.2) is 18.2 Å². The number of aryl methyl sites for hydroxylation is 2. The Bertz CT molecular complexity index is 561. The molecular formula is C14H16FNO2S. The van der Waals surface area contributed by atoms with Crippen molar-refractivity contribution in [3.8, 4) is 5.75 Å². The summed E-state index contributed by atoms with van der Waals surface area (Å²) in [6.45, 7) is 5.81. The highest BCUT2D eigenvalue weighted by molar-refractivity contribution is 7.11. The van der Waals surface area contributed by atoms with Gasteiger partial charge in [0.05, 0.1) is 11.8 Å². The Morgan fingerprint density at radius 2 is 2.16 bits per heavy atom. The van der Waals surface area contributed by atoms with Gasteiger partial charge in [0.15, 0.2) is 0 Å². The third-order valence-electron chi connectivity index (χ3n) is 2.86. The second kappa shape index (κ2) is 5.67. The number of rotatable bonds is 4. The molecule has 2 rings (SSSR count). The minimum atomic E-state index is -0.821. The Morgan fingerprint density at radius 3 is 2.68 bits per heavy atom. The average Bonchev–Trinajstić information content (AvgIpc) is 2.66. The SMILES string of the molecule is Cc1nc(COc2ccc([C@H](C)O)c(F)c2)sc1C. The molecule has 3 nitrogen and oxygen atoms in total. The number of thiazole rings is 1. The molecular weight excluding hydrogens is 265 g/mol. The number of aromatic nitrogens is 1. The van der Waals surface area contributed by atoms with E-state index >= 15 is 0 Å². The standard InChI is InChI=1S/C14H16FNO2S/c1-8-10(3)19-14(16-8)7-18-11-4-5-12(9(2)17)13(15)6-11/h4-6,9,17H,7H2,1-3H3/t9-/m0/s1. The molecule has 1 atom stereocenters. The topological polar surface area (TPSA) is 42.4 Å². The molecule has 0 amide bonds. The highest BCUT2D eigenvalue weighted by atomic mass is 32.1. The summed E-state index contributed by atoms with van der Waals surface area (Å²) in [4.78, 5) is 5.51. The van der Waals surface area contributed by atoms with Gasteiger partial charge in [0.25, 0.3) is 0 Å². The molecule has 0 fully saturated rings. The smallest absolute Gasteiger partial charge is 0.140 e. The lowest BCUT2D eigenvalue weighted by Crippen LogP contribution is -1.99. The van der Waals surface area contributed by atoms with Crippen LogP contribution in [0.4, 0.5) is 4.39 Å². The maximum absolute atomic E-state index is 13.6. The Hall–Kier alpha value is -1.46. The molecule has 0 radical (unpaired) electrons. The molecule has 19 heavy (non-hydrogen) atoms. The zero-order valence-corrected chi connectivity index (χ0v) is 11.9. The van der Waals surface area contributed by atoms with Crippen molar-refractivity contribution >= 4 is 11.3 Å². The fraction of sp³-hybridized carbons (Fsp3) is 0.357. The Balaban J connectivity index is 2.06. The third-order valence-corrected chi connectivity index (χ3v) is 3.90. The van der Waals surface area contributed by atoms with Crippen LogP contribution in [0, 0.1) is 19.7 Å². The molecule has 1 N–H and O–H groups in total. The minimum Gasteiger partial charge on any atom is -0.486 e. The molecule has 2 aromatic rings. The van der Waals surface area contributed by atoms with E-state index in [2.05, 4.69) is 4.98 Å². The minimum absolute atomic E-state index is 0.272. The normalized spacial score (nSPS) is 12.5.